The Bertz CT molecular complexity index is 593. The summed E-state index contributed by atoms with van der Waals surface area (Å²) in [6.07, 6.45) is 1.18. The minimum absolute atomic E-state index is 0.0503. The highest BCUT2D eigenvalue weighted by Gasteiger charge is 2.31. The highest BCUT2D eigenvalue weighted by Crippen LogP contribution is 2.22. The second kappa shape index (κ2) is 5.90. The van der Waals surface area contributed by atoms with E-state index in [1.54, 1.807) is 6.92 Å². The SMILES string of the molecule is CCNc1nc(NCC2CCCS2(=O)=O)c(F)cc1F. The lowest BCUT2D eigenvalue weighted by Gasteiger charge is -2.13. The zero-order valence-corrected chi connectivity index (χ0v) is 11.9. The van der Waals surface area contributed by atoms with E-state index in [-0.39, 0.29) is 23.9 Å². The smallest absolute Gasteiger partial charge is 0.168 e. The highest BCUT2D eigenvalue weighted by molar-refractivity contribution is 7.92. The van der Waals surface area contributed by atoms with Crippen LogP contribution in [0.4, 0.5) is 20.4 Å². The average molecular weight is 305 g/mol. The molecule has 20 heavy (non-hydrogen) atoms. The van der Waals surface area contributed by atoms with E-state index in [0.717, 1.165) is 6.07 Å². The molecular formula is C12H17F2N3O2S. The van der Waals surface area contributed by atoms with Crippen LogP contribution in [0.25, 0.3) is 0 Å². The summed E-state index contributed by atoms with van der Waals surface area (Å²) in [4.78, 5) is 3.80. The Kier molecular flexibility index (Phi) is 4.42. The summed E-state index contributed by atoms with van der Waals surface area (Å²) < 4.78 is 50.3. The van der Waals surface area contributed by atoms with Gasteiger partial charge in [0.25, 0.3) is 0 Å². The molecule has 0 aliphatic carbocycles. The molecule has 0 bridgehead atoms. The van der Waals surface area contributed by atoms with E-state index < -0.39 is 26.7 Å². The average Bonchev–Trinajstić information content (AvgIpc) is 2.70. The van der Waals surface area contributed by atoms with Gasteiger partial charge in [-0.2, -0.15) is 0 Å². The molecule has 2 N–H and O–H groups in total. The number of hydrogen-bond acceptors (Lipinski definition) is 5. The van der Waals surface area contributed by atoms with Gasteiger partial charge in [0.15, 0.2) is 33.1 Å². The Balaban J connectivity index is 2.11. The number of halogens is 2. The van der Waals surface area contributed by atoms with Gasteiger partial charge in [0.05, 0.1) is 11.0 Å². The first kappa shape index (κ1) is 15.0. The summed E-state index contributed by atoms with van der Waals surface area (Å²) in [5, 5.41) is 4.81. The minimum atomic E-state index is -3.10. The lowest BCUT2D eigenvalue weighted by atomic mass is 10.2. The second-order valence-electron chi connectivity index (χ2n) is 4.69. The van der Waals surface area contributed by atoms with Gasteiger partial charge in [0, 0.05) is 19.2 Å². The predicted octanol–water partition coefficient (Wildman–Crippen LogP) is 1.78. The molecule has 0 spiro atoms. The maximum absolute atomic E-state index is 13.6. The van der Waals surface area contributed by atoms with Crippen molar-refractivity contribution in [3.05, 3.63) is 17.7 Å². The third-order valence-electron chi connectivity index (χ3n) is 3.23. The van der Waals surface area contributed by atoms with E-state index in [0.29, 0.717) is 19.4 Å². The lowest BCUT2D eigenvalue weighted by Crippen LogP contribution is -2.26. The van der Waals surface area contributed by atoms with E-state index in [1.807, 2.05) is 0 Å². The van der Waals surface area contributed by atoms with Gasteiger partial charge in [-0.1, -0.05) is 0 Å². The maximum atomic E-state index is 13.6. The molecule has 1 saturated heterocycles. The normalized spacial score (nSPS) is 20.9. The Morgan fingerprint density at radius 3 is 2.50 bits per heavy atom. The van der Waals surface area contributed by atoms with E-state index in [2.05, 4.69) is 15.6 Å². The van der Waals surface area contributed by atoms with Gasteiger partial charge >= 0.3 is 0 Å². The van der Waals surface area contributed by atoms with E-state index in [1.165, 1.54) is 0 Å². The van der Waals surface area contributed by atoms with Crippen molar-refractivity contribution in [2.24, 2.45) is 0 Å². The maximum Gasteiger partial charge on any atom is 0.168 e. The molecule has 1 fully saturated rings. The topological polar surface area (TPSA) is 71.1 Å². The summed E-state index contributed by atoms with van der Waals surface area (Å²) in [5.74, 6) is -1.63. The summed E-state index contributed by atoms with van der Waals surface area (Å²) in [6, 6.07) is 0.733. The van der Waals surface area contributed by atoms with E-state index in [9.17, 15) is 17.2 Å². The van der Waals surface area contributed by atoms with Gasteiger partial charge in [0.1, 0.15) is 0 Å². The standard InChI is InChI=1S/C12H17F2N3O2S/c1-2-15-11-9(13)6-10(14)12(17-11)16-7-8-4-3-5-20(8,18)19/h6,8H,2-5,7H2,1H3,(H2,15,16,17). The van der Waals surface area contributed by atoms with Crippen molar-refractivity contribution in [3.63, 3.8) is 0 Å². The molecule has 0 saturated carbocycles. The van der Waals surface area contributed by atoms with Crippen molar-refractivity contribution in [1.29, 1.82) is 0 Å². The van der Waals surface area contributed by atoms with Gasteiger partial charge in [-0.05, 0) is 19.8 Å². The van der Waals surface area contributed by atoms with E-state index >= 15 is 0 Å². The zero-order chi connectivity index (χ0) is 14.8. The number of hydrogen-bond donors (Lipinski definition) is 2. The molecule has 2 heterocycles. The first-order valence-electron chi connectivity index (χ1n) is 6.49. The number of nitrogens with zero attached hydrogens (tertiary/aromatic N) is 1. The Morgan fingerprint density at radius 1 is 1.30 bits per heavy atom. The molecule has 2 rings (SSSR count). The van der Waals surface area contributed by atoms with Crippen LogP contribution in [0.3, 0.4) is 0 Å². The van der Waals surface area contributed by atoms with E-state index in [4.69, 9.17) is 0 Å². The molecule has 1 aliphatic rings. The molecule has 0 radical (unpaired) electrons. The Hall–Kier alpha value is -1.44. The molecule has 1 aromatic rings. The first-order valence-corrected chi connectivity index (χ1v) is 8.21. The first-order chi connectivity index (χ1) is 9.44. The van der Waals surface area contributed by atoms with Crippen molar-refractivity contribution in [2.75, 3.05) is 29.5 Å². The van der Waals surface area contributed by atoms with Crippen LogP contribution in [-0.4, -0.2) is 37.5 Å². The number of sulfone groups is 1. The quantitative estimate of drug-likeness (QED) is 0.867. The van der Waals surface area contributed by atoms with Gasteiger partial charge < -0.3 is 10.6 Å². The third kappa shape index (κ3) is 3.17. The number of aromatic nitrogens is 1. The van der Waals surface area contributed by atoms with Crippen LogP contribution in [-0.2, 0) is 9.84 Å². The molecule has 112 valence electrons. The molecule has 8 heteroatoms. The predicted molar refractivity (Wildman–Crippen MR) is 73.6 cm³/mol. The molecular weight excluding hydrogens is 288 g/mol. The van der Waals surface area contributed by atoms with Crippen molar-refractivity contribution in [2.45, 2.75) is 25.0 Å². The summed E-state index contributed by atoms with van der Waals surface area (Å²) in [7, 11) is -3.10. The Morgan fingerprint density at radius 2 is 1.95 bits per heavy atom. The summed E-state index contributed by atoms with van der Waals surface area (Å²) in [5.41, 5.74) is 0. The highest BCUT2D eigenvalue weighted by atomic mass is 32.2. The molecule has 0 amide bonds. The number of anilines is 2. The Labute approximate surface area is 116 Å². The van der Waals surface area contributed by atoms with Crippen molar-refractivity contribution >= 4 is 21.5 Å². The van der Waals surface area contributed by atoms with Crippen LogP contribution < -0.4 is 10.6 Å². The molecule has 1 aromatic heterocycles. The van der Waals surface area contributed by atoms with Gasteiger partial charge in [0.2, 0.25) is 0 Å². The monoisotopic (exact) mass is 305 g/mol. The molecule has 1 unspecified atom stereocenters. The lowest BCUT2D eigenvalue weighted by molar-refractivity contribution is 0.575. The van der Waals surface area contributed by atoms with Gasteiger partial charge in [-0.25, -0.2) is 22.2 Å². The number of nitrogens with one attached hydrogen (secondary N) is 2. The van der Waals surface area contributed by atoms with Gasteiger partial charge in [-0.3, -0.25) is 0 Å². The fourth-order valence-electron chi connectivity index (χ4n) is 2.18. The molecule has 5 nitrogen and oxygen atoms in total. The van der Waals surface area contributed by atoms with Crippen molar-refractivity contribution in [3.8, 4) is 0 Å². The molecule has 0 aromatic carbocycles. The van der Waals surface area contributed by atoms with Crippen molar-refractivity contribution < 1.29 is 17.2 Å². The number of rotatable bonds is 5. The largest absolute Gasteiger partial charge is 0.368 e. The van der Waals surface area contributed by atoms with Gasteiger partial charge in [-0.15, -0.1) is 0 Å². The number of pyridine rings is 1. The minimum Gasteiger partial charge on any atom is -0.368 e. The third-order valence-corrected chi connectivity index (χ3v) is 5.51. The van der Waals surface area contributed by atoms with Crippen LogP contribution in [0.5, 0.6) is 0 Å². The summed E-state index contributed by atoms with van der Waals surface area (Å²) >= 11 is 0. The fraction of sp³-hybridized carbons (Fsp3) is 0.583. The summed E-state index contributed by atoms with van der Waals surface area (Å²) in [6.45, 7) is 2.30. The molecule has 1 aliphatic heterocycles. The second-order valence-corrected chi connectivity index (χ2v) is 7.09. The van der Waals surface area contributed by atoms with Crippen LogP contribution >= 0.6 is 0 Å². The van der Waals surface area contributed by atoms with Crippen LogP contribution in [0.15, 0.2) is 6.07 Å². The van der Waals surface area contributed by atoms with Crippen molar-refractivity contribution in [1.82, 2.24) is 4.98 Å². The van der Waals surface area contributed by atoms with Crippen LogP contribution in [0.2, 0.25) is 0 Å². The molecule has 1 atom stereocenters. The van der Waals surface area contributed by atoms with Crippen LogP contribution in [0, 0.1) is 11.6 Å². The fourth-order valence-corrected chi connectivity index (χ4v) is 3.95. The van der Waals surface area contributed by atoms with Crippen LogP contribution in [0.1, 0.15) is 19.8 Å². The zero-order valence-electron chi connectivity index (χ0n) is 11.1.